The molecule has 2 aromatic rings. The topological polar surface area (TPSA) is 12.0 Å². The molecular weight excluding hydrogens is 349 g/mol. The van der Waals surface area contributed by atoms with Gasteiger partial charge in [0.15, 0.2) is 0 Å². The fraction of sp³-hybridized carbons (Fsp3) is 0.412. The molecule has 1 aromatic heterocycles. The molecule has 21 heavy (non-hydrogen) atoms. The second-order valence-corrected chi connectivity index (χ2v) is 7.48. The highest BCUT2D eigenvalue weighted by molar-refractivity contribution is 9.10. The van der Waals surface area contributed by atoms with E-state index in [1.54, 1.807) is 23.5 Å². The summed E-state index contributed by atoms with van der Waals surface area (Å²) in [5.41, 5.74) is 0.935. The summed E-state index contributed by atoms with van der Waals surface area (Å²) in [7, 11) is 0. The Bertz CT molecular complexity index is 594. The molecule has 0 fully saturated rings. The standard InChI is InChI=1S/C17H21BrFNS/c1-4-9-20-17(11(2)3)16-8-7-15(21-16)12-5-6-13(18)14(19)10-12/h5-8,10-11,17,20H,4,9H2,1-3H3. The molecule has 1 atom stereocenters. The minimum atomic E-state index is -0.216. The van der Waals surface area contributed by atoms with Crippen LogP contribution in [0.25, 0.3) is 10.4 Å². The number of thiophene rings is 1. The third-order valence-electron chi connectivity index (χ3n) is 3.42. The highest BCUT2D eigenvalue weighted by Gasteiger charge is 2.17. The van der Waals surface area contributed by atoms with E-state index in [9.17, 15) is 4.39 Å². The molecule has 0 saturated carbocycles. The van der Waals surface area contributed by atoms with Crippen LogP contribution in [-0.2, 0) is 0 Å². The van der Waals surface area contributed by atoms with E-state index in [4.69, 9.17) is 0 Å². The Balaban J connectivity index is 2.25. The highest BCUT2D eigenvalue weighted by atomic mass is 79.9. The van der Waals surface area contributed by atoms with Crippen LogP contribution in [-0.4, -0.2) is 6.54 Å². The van der Waals surface area contributed by atoms with Crippen LogP contribution in [0, 0.1) is 11.7 Å². The van der Waals surface area contributed by atoms with Crippen LogP contribution in [0.15, 0.2) is 34.8 Å². The van der Waals surface area contributed by atoms with E-state index in [0.29, 0.717) is 16.4 Å². The van der Waals surface area contributed by atoms with Crippen molar-refractivity contribution in [3.63, 3.8) is 0 Å². The molecule has 0 aliphatic heterocycles. The molecule has 1 unspecified atom stereocenters. The smallest absolute Gasteiger partial charge is 0.138 e. The lowest BCUT2D eigenvalue weighted by atomic mass is 10.0. The minimum absolute atomic E-state index is 0.216. The SMILES string of the molecule is CCCNC(c1ccc(-c2ccc(Br)c(F)c2)s1)C(C)C. The monoisotopic (exact) mass is 369 g/mol. The van der Waals surface area contributed by atoms with Crippen molar-refractivity contribution >= 4 is 27.3 Å². The number of hydrogen-bond acceptors (Lipinski definition) is 2. The lowest BCUT2D eigenvalue weighted by Crippen LogP contribution is -2.25. The van der Waals surface area contributed by atoms with E-state index in [0.717, 1.165) is 23.4 Å². The molecule has 0 aliphatic carbocycles. The second-order valence-electron chi connectivity index (χ2n) is 5.51. The zero-order chi connectivity index (χ0) is 15.4. The van der Waals surface area contributed by atoms with Gasteiger partial charge >= 0.3 is 0 Å². The molecule has 0 aliphatic rings. The number of nitrogens with one attached hydrogen (secondary N) is 1. The fourth-order valence-corrected chi connectivity index (χ4v) is 3.79. The summed E-state index contributed by atoms with van der Waals surface area (Å²) < 4.78 is 14.2. The third kappa shape index (κ3) is 4.15. The van der Waals surface area contributed by atoms with Crippen molar-refractivity contribution in [2.24, 2.45) is 5.92 Å². The fourth-order valence-electron chi connectivity index (χ4n) is 2.29. The Kier molecular flexibility index (Phi) is 5.97. The van der Waals surface area contributed by atoms with Gasteiger partial charge in [-0.1, -0.05) is 26.8 Å². The van der Waals surface area contributed by atoms with Gasteiger partial charge in [0, 0.05) is 15.8 Å². The molecule has 0 bridgehead atoms. The van der Waals surface area contributed by atoms with Crippen molar-refractivity contribution in [3.05, 3.63) is 45.5 Å². The predicted molar refractivity (Wildman–Crippen MR) is 93.3 cm³/mol. The van der Waals surface area contributed by atoms with Crippen molar-refractivity contribution in [1.29, 1.82) is 0 Å². The number of benzene rings is 1. The lowest BCUT2D eigenvalue weighted by molar-refractivity contribution is 0.418. The van der Waals surface area contributed by atoms with Gasteiger partial charge in [-0.2, -0.15) is 0 Å². The van der Waals surface area contributed by atoms with Crippen LogP contribution in [0.5, 0.6) is 0 Å². The first-order valence-electron chi connectivity index (χ1n) is 7.31. The Morgan fingerprint density at radius 2 is 2.00 bits per heavy atom. The summed E-state index contributed by atoms with van der Waals surface area (Å²) >= 11 is 4.94. The molecule has 4 heteroatoms. The average molecular weight is 370 g/mol. The van der Waals surface area contributed by atoms with Crippen molar-refractivity contribution in [2.45, 2.75) is 33.2 Å². The molecule has 2 rings (SSSR count). The zero-order valence-corrected chi connectivity index (χ0v) is 15.0. The van der Waals surface area contributed by atoms with Gasteiger partial charge in [0.1, 0.15) is 5.82 Å². The van der Waals surface area contributed by atoms with E-state index in [1.807, 2.05) is 6.07 Å². The van der Waals surface area contributed by atoms with E-state index in [1.165, 1.54) is 4.88 Å². The number of rotatable bonds is 6. The average Bonchev–Trinajstić information content (AvgIpc) is 2.91. The van der Waals surface area contributed by atoms with Crippen molar-refractivity contribution in [3.8, 4) is 10.4 Å². The van der Waals surface area contributed by atoms with E-state index in [2.05, 4.69) is 54.2 Å². The Morgan fingerprint density at radius 3 is 2.62 bits per heavy atom. The largest absolute Gasteiger partial charge is 0.309 e. The summed E-state index contributed by atoms with van der Waals surface area (Å²) in [6, 6.07) is 9.91. The van der Waals surface area contributed by atoms with Crippen LogP contribution >= 0.6 is 27.3 Å². The molecular formula is C17H21BrFNS. The van der Waals surface area contributed by atoms with Crippen LogP contribution in [0.3, 0.4) is 0 Å². The number of hydrogen-bond donors (Lipinski definition) is 1. The molecule has 1 nitrogen and oxygen atoms in total. The van der Waals surface area contributed by atoms with Gasteiger partial charge in [-0.3, -0.25) is 0 Å². The van der Waals surface area contributed by atoms with Gasteiger partial charge in [0.2, 0.25) is 0 Å². The zero-order valence-electron chi connectivity index (χ0n) is 12.6. The van der Waals surface area contributed by atoms with Gasteiger partial charge in [0.25, 0.3) is 0 Å². The van der Waals surface area contributed by atoms with Crippen LogP contribution in [0.4, 0.5) is 4.39 Å². The highest BCUT2D eigenvalue weighted by Crippen LogP contribution is 2.35. The maximum atomic E-state index is 13.7. The first-order valence-corrected chi connectivity index (χ1v) is 8.92. The molecule has 1 aromatic carbocycles. The Labute approximate surface area is 138 Å². The van der Waals surface area contributed by atoms with Gasteiger partial charge in [-0.15, -0.1) is 11.3 Å². The molecule has 0 radical (unpaired) electrons. The molecule has 0 amide bonds. The lowest BCUT2D eigenvalue weighted by Gasteiger charge is -2.20. The van der Waals surface area contributed by atoms with Gasteiger partial charge < -0.3 is 5.32 Å². The second kappa shape index (κ2) is 7.52. The maximum absolute atomic E-state index is 13.7. The quantitative estimate of drug-likeness (QED) is 0.656. The number of halogens is 2. The van der Waals surface area contributed by atoms with E-state index in [-0.39, 0.29) is 5.82 Å². The molecule has 1 heterocycles. The summed E-state index contributed by atoms with van der Waals surface area (Å²) in [5.74, 6) is 0.316. The molecule has 0 spiro atoms. The first kappa shape index (κ1) is 16.7. The van der Waals surface area contributed by atoms with Gasteiger partial charge in [0.05, 0.1) is 4.47 Å². The van der Waals surface area contributed by atoms with E-state index < -0.39 is 0 Å². The summed E-state index contributed by atoms with van der Waals surface area (Å²) in [5, 5.41) is 3.60. The Hall–Kier alpha value is -0.710. The molecule has 1 N–H and O–H groups in total. The van der Waals surface area contributed by atoms with Crippen molar-refractivity contribution < 1.29 is 4.39 Å². The molecule has 114 valence electrons. The normalized spacial score (nSPS) is 12.9. The van der Waals surface area contributed by atoms with Crippen molar-refractivity contribution in [1.82, 2.24) is 5.32 Å². The van der Waals surface area contributed by atoms with Gasteiger partial charge in [-0.25, -0.2) is 4.39 Å². The van der Waals surface area contributed by atoms with Gasteiger partial charge in [-0.05, 0) is 64.6 Å². The van der Waals surface area contributed by atoms with Crippen LogP contribution in [0.1, 0.15) is 38.1 Å². The summed E-state index contributed by atoms with van der Waals surface area (Å²) in [4.78, 5) is 2.43. The molecule has 0 saturated heterocycles. The minimum Gasteiger partial charge on any atom is -0.309 e. The third-order valence-corrected chi connectivity index (χ3v) is 5.28. The summed E-state index contributed by atoms with van der Waals surface area (Å²) in [6.07, 6.45) is 1.12. The maximum Gasteiger partial charge on any atom is 0.138 e. The van der Waals surface area contributed by atoms with Crippen LogP contribution < -0.4 is 5.32 Å². The summed E-state index contributed by atoms with van der Waals surface area (Å²) in [6.45, 7) is 7.65. The van der Waals surface area contributed by atoms with Crippen molar-refractivity contribution in [2.75, 3.05) is 6.54 Å². The van der Waals surface area contributed by atoms with Crippen LogP contribution in [0.2, 0.25) is 0 Å². The Morgan fingerprint density at radius 1 is 1.24 bits per heavy atom. The van der Waals surface area contributed by atoms with E-state index >= 15 is 0 Å². The predicted octanol–water partition coefficient (Wildman–Crippen LogP) is 6.01. The first-order chi connectivity index (χ1) is 10.0.